The number of aryl methyl sites for hydroxylation is 1. The van der Waals surface area contributed by atoms with Gasteiger partial charge in [-0.25, -0.2) is 13.2 Å². The molecule has 7 nitrogen and oxygen atoms in total. The summed E-state index contributed by atoms with van der Waals surface area (Å²) in [6.07, 6.45) is 0.693. The number of carbonyl (C=O) groups is 1. The third-order valence-electron chi connectivity index (χ3n) is 4.24. The molecule has 142 valence electrons. The highest BCUT2D eigenvalue weighted by atomic mass is 32.2. The van der Waals surface area contributed by atoms with Crippen molar-refractivity contribution in [2.24, 2.45) is 0 Å². The molecule has 0 atom stereocenters. The Labute approximate surface area is 156 Å². The fourth-order valence-electron chi connectivity index (χ4n) is 2.76. The molecule has 0 saturated heterocycles. The van der Waals surface area contributed by atoms with Crippen LogP contribution in [0.4, 0.5) is 5.69 Å². The van der Waals surface area contributed by atoms with Gasteiger partial charge in [0.25, 0.3) is 0 Å². The van der Waals surface area contributed by atoms with E-state index in [0.717, 1.165) is 0 Å². The Morgan fingerprint density at radius 3 is 2.52 bits per heavy atom. The molecule has 0 aliphatic rings. The van der Waals surface area contributed by atoms with E-state index < -0.39 is 15.6 Å². The number of para-hydroxylation sites is 2. The maximum Gasteiger partial charge on any atom is 0.419 e. The van der Waals surface area contributed by atoms with Crippen LogP contribution in [0.2, 0.25) is 0 Å². The summed E-state index contributed by atoms with van der Waals surface area (Å²) >= 11 is 0. The number of nitrogens with zero attached hydrogens (tertiary/aromatic N) is 1. The quantitative estimate of drug-likeness (QED) is 0.671. The van der Waals surface area contributed by atoms with Gasteiger partial charge in [-0.1, -0.05) is 19.1 Å². The van der Waals surface area contributed by atoms with Crippen molar-refractivity contribution in [1.82, 2.24) is 4.57 Å². The second-order valence-electron chi connectivity index (χ2n) is 6.07. The molecule has 27 heavy (non-hydrogen) atoms. The summed E-state index contributed by atoms with van der Waals surface area (Å²) in [4.78, 5) is 24.2. The van der Waals surface area contributed by atoms with E-state index in [4.69, 9.17) is 4.42 Å². The van der Waals surface area contributed by atoms with Gasteiger partial charge in [-0.2, -0.15) is 0 Å². The van der Waals surface area contributed by atoms with Gasteiger partial charge in [0.15, 0.2) is 15.4 Å². The molecular weight excluding hydrogens is 368 g/mol. The number of aromatic nitrogens is 1. The van der Waals surface area contributed by atoms with Crippen molar-refractivity contribution in [2.45, 2.75) is 31.2 Å². The summed E-state index contributed by atoms with van der Waals surface area (Å²) in [5.74, 6) is -0.618. The molecule has 1 N–H and O–H groups in total. The van der Waals surface area contributed by atoms with Gasteiger partial charge in [-0.3, -0.25) is 9.36 Å². The molecule has 8 heteroatoms. The SMILES string of the molecule is CCS(=O)(=O)c1ccc(NC(=O)CCCn2c(=O)oc3ccccc32)cc1. The predicted molar refractivity (Wildman–Crippen MR) is 103 cm³/mol. The van der Waals surface area contributed by atoms with Crippen molar-refractivity contribution >= 4 is 32.5 Å². The molecule has 2 aromatic carbocycles. The number of hydrogen-bond acceptors (Lipinski definition) is 5. The number of rotatable bonds is 7. The number of hydrogen-bond donors (Lipinski definition) is 1. The van der Waals surface area contributed by atoms with E-state index in [1.807, 2.05) is 6.07 Å². The summed E-state index contributed by atoms with van der Waals surface area (Å²) < 4.78 is 30.2. The standard InChI is InChI=1S/C19H20N2O5S/c1-2-27(24,25)15-11-9-14(10-12-15)20-18(22)8-5-13-21-16-6-3-4-7-17(16)26-19(21)23/h3-4,6-7,9-12H,2,5,8,13H2,1H3,(H,20,22). The number of benzene rings is 2. The summed E-state index contributed by atoms with van der Waals surface area (Å²) in [6.45, 7) is 1.95. The van der Waals surface area contributed by atoms with Crippen LogP contribution in [0, 0.1) is 0 Å². The van der Waals surface area contributed by atoms with Crippen LogP contribution in [0.5, 0.6) is 0 Å². The van der Waals surface area contributed by atoms with Crippen molar-refractivity contribution in [3.63, 3.8) is 0 Å². The van der Waals surface area contributed by atoms with Crippen LogP contribution < -0.4 is 11.1 Å². The van der Waals surface area contributed by atoms with Gasteiger partial charge < -0.3 is 9.73 Å². The zero-order valence-electron chi connectivity index (χ0n) is 14.8. The van der Waals surface area contributed by atoms with E-state index in [9.17, 15) is 18.0 Å². The lowest BCUT2D eigenvalue weighted by Crippen LogP contribution is -2.17. The monoisotopic (exact) mass is 388 g/mol. The first kappa shape index (κ1) is 18.9. The van der Waals surface area contributed by atoms with Crippen LogP contribution in [0.3, 0.4) is 0 Å². The first-order valence-electron chi connectivity index (χ1n) is 8.62. The van der Waals surface area contributed by atoms with Crippen molar-refractivity contribution in [1.29, 1.82) is 0 Å². The molecular formula is C19H20N2O5S. The van der Waals surface area contributed by atoms with Crippen molar-refractivity contribution < 1.29 is 17.6 Å². The average molecular weight is 388 g/mol. The topological polar surface area (TPSA) is 98.4 Å². The maximum atomic E-state index is 12.1. The molecule has 0 radical (unpaired) electrons. The Bertz CT molecular complexity index is 1110. The smallest absolute Gasteiger partial charge is 0.408 e. The molecule has 0 bridgehead atoms. The average Bonchev–Trinajstić information content (AvgIpc) is 2.98. The van der Waals surface area contributed by atoms with Gasteiger partial charge in [0.2, 0.25) is 5.91 Å². The van der Waals surface area contributed by atoms with Crippen LogP contribution in [-0.4, -0.2) is 24.6 Å². The molecule has 0 aliphatic carbocycles. The lowest BCUT2D eigenvalue weighted by molar-refractivity contribution is -0.116. The maximum absolute atomic E-state index is 12.1. The van der Waals surface area contributed by atoms with E-state index in [0.29, 0.717) is 29.8 Å². The number of carbonyl (C=O) groups excluding carboxylic acids is 1. The molecule has 0 aliphatic heterocycles. The van der Waals surface area contributed by atoms with Gasteiger partial charge in [0.05, 0.1) is 16.2 Å². The van der Waals surface area contributed by atoms with E-state index >= 15 is 0 Å². The van der Waals surface area contributed by atoms with E-state index in [1.165, 1.54) is 16.7 Å². The Kier molecular flexibility index (Phi) is 5.46. The zero-order chi connectivity index (χ0) is 19.4. The summed E-state index contributed by atoms with van der Waals surface area (Å²) in [5, 5.41) is 2.73. The number of sulfone groups is 1. The third-order valence-corrected chi connectivity index (χ3v) is 5.99. The lowest BCUT2D eigenvalue weighted by Gasteiger charge is -2.07. The van der Waals surface area contributed by atoms with Crippen LogP contribution >= 0.6 is 0 Å². The van der Waals surface area contributed by atoms with E-state index in [-0.39, 0.29) is 23.0 Å². The predicted octanol–water partition coefficient (Wildman–Crippen LogP) is 2.81. The van der Waals surface area contributed by atoms with Gasteiger partial charge in [0, 0.05) is 18.7 Å². The highest BCUT2D eigenvalue weighted by Crippen LogP contribution is 2.16. The highest BCUT2D eigenvalue weighted by molar-refractivity contribution is 7.91. The van der Waals surface area contributed by atoms with Gasteiger partial charge >= 0.3 is 5.76 Å². The molecule has 3 aromatic rings. The van der Waals surface area contributed by atoms with Crippen molar-refractivity contribution in [2.75, 3.05) is 11.1 Å². The minimum Gasteiger partial charge on any atom is -0.408 e. The number of oxazole rings is 1. The van der Waals surface area contributed by atoms with Crippen LogP contribution in [0.25, 0.3) is 11.1 Å². The van der Waals surface area contributed by atoms with Gasteiger partial charge in [0.1, 0.15) is 0 Å². The van der Waals surface area contributed by atoms with Crippen LogP contribution in [0.1, 0.15) is 19.8 Å². The van der Waals surface area contributed by atoms with E-state index in [1.54, 1.807) is 37.3 Å². The van der Waals surface area contributed by atoms with Crippen LogP contribution in [0.15, 0.2) is 62.6 Å². The first-order chi connectivity index (χ1) is 12.9. The Morgan fingerprint density at radius 1 is 1.11 bits per heavy atom. The second-order valence-corrected chi connectivity index (χ2v) is 8.35. The molecule has 1 amide bonds. The molecule has 0 unspecified atom stereocenters. The summed E-state index contributed by atoms with van der Waals surface area (Å²) in [5.41, 5.74) is 1.76. The summed E-state index contributed by atoms with van der Waals surface area (Å²) in [6, 6.07) is 13.2. The molecule has 0 fully saturated rings. The second kappa shape index (κ2) is 7.79. The van der Waals surface area contributed by atoms with Crippen molar-refractivity contribution in [3.8, 4) is 0 Å². The minimum atomic E-state index is -3.26. The molecule has 0 saturated carbocycles. The third kappa shape index (κ3) is 4.28. The molecule has 1 heterocycles. The Hall–Kier alpha value is -2.87. The number of nitrogens with one attached hydrogen (secondary N) is 1. The van der Waals surface area contributed by atoms with Gasteiger partial charge in [-0.15, -0.1) is 0 Å². The summed E-state index contributed by atoms with van der Waals surface area (Å²) in [7, 11) is -3.26. The molecule has 3 rings (SSSR count). The number of amides is 1. The minimum absolute atomic E-state index is 0.0285. The molecule has 1 aromatic heterocycles. The fraction of sp³-hybridized carbons (Fsp3) is 0.263. The lowest BCUT2D eigenvalue weighted by atomic mass is 10.2. The number of fused-ring (bicyclic) bond motifs is 1. The Morgan fingerprint density at radius 2 is 1.81 bits per heavy atom. The highest BCUT2D eigenvalue weighted by Gasteiger charge is 2.12. The van der Waals surface area contributed by atoms with Crippen LogP contribution in [-0.2, 0) is 21.2 Å². The Balaban J connectivity index is 1.57. The first-order valence-corrected chi connectivity index (χ1v) is 10.3. The van der Waals surface area contributed by atoms with Crippen molar-refractivity contribution in [3.05, 3.63) is 59.1 Å². The zero-order valence-corrected chi connectivity index (χ0v) is 15.7. The molecule has 0 spiro atoms. The largest absolute Gasteiger partial charge is 0.419 e. The number of anilines is 1. The normalized spacial score (nSPS) is 11.6. The fourth-order valence-corrected chi connectivity index (χ4v) is 3.64. The van der Waals surface area contributed by atoms with E-state index in [2.05, 4.69) is 5.32 Å². The van der Waals surface area contributed by atoms with Gasteiger partial charge in [-0.05, 0) is 42.8 Å².